The highest BCUT2D eigenvalue weighted by Gasteiger charge is 2.34. The molecule has 2 aromatic carbocycles. The van der Waals surface area contributed by atoms with Gasteiger partial charge >= 0.3 is 6.03 Å². The fraction of sp³-hybridized carbons (Fsp3) is 0.200. The zero-order chi connectivity index (χ0) is 22.3. The highest BCUT2D eigenvalue weighted by atomic mass is 19.1. The normalized spacial score (nSPS) is 15.1. The summed E-state index contributed by atoms with van der Waals surface area (Å²) in [5.74, 6) is -0.914. The Labute approximate surface area is 180 Å². The summed E-state index contributed by atoms with van der Waals surface area (Å²) >= 11 is 0. The first-order valence-electron chi connectivity index (χ1n) is 10.1. The number of nitrogens with one attached hydrogen (secondary N) is 1. The largest absolute Gasteiger partial charge is 0.329 e. The zero-order valence-corrected chi connectivity index (χ0v) is 18.0. The summed E-state index contributed by atoms with van der Waals surface area (Å²) in [6, 6.07) is 13.7. The first kappa shape index (κ1) is 20.6. The van der Waals surface area contributed by atoms with E-state index in [-0.39, 0.29) is 12.2 Å². The molecule has 5 nitrogen and oxygen atoms in total. The number of benzene rings is 2. The summed E-state index contributed by atoms with van der Waals surface area (Å²) in [7, 11) is 0. The third-order valence-corrected chi connectivity index (χ3v) is 5.84. The Bertz CT molecular complexity index is 1240. The van der Waals surface area contributed by atoms with Gasteiger partial charge in [-0.15, -0.1) is 0 Å². The van der Waals surface area contributed by atoms with Crippen LogP contribution in [0.5, 0.6) is 0 Å². The van der Waals surface area contributed by atoms with Gasteiger partial charge < -0.3 is 9.88 Å². The van der Waals surface area contributed by atoms with Gasteiger partial charge in [0.05, 0.1) is 6.54 Å². The molecule has 1 aliphatic rings. The van der Waals surface area contributed by atoms with Crippen LogP contribution in [-0.2, 0) is 11.3 Å². The number of urea groups is 1. The standard InChI is InChI=1S/C25H24FN3O2/c1-15-8-7-11-23(17(15)3)29-16(2)12-20(18(29)4)13-22-24(30)28(25(31)27-22)14-19-9-5-6-10-21(19)26/h5-13H,14H2,1-4H3,(H,27,31)/b22-13-. The molecule has 0 saturated carbocycles. The van der Waals surface area contributed by atoms with Crippen molar-refractivity contribution < 1.29 is 14.0 Å². The molecule has 0 radical (unpaired) electrons. The molecule has 0 spiro atoms. The number of halogens is 1. The number of nitrogens with zero attached hydrogens (tertiary/aromatic N) is 2. The molecule has 1 saturated heterocycles. The number of hydrogen-bond acceptors (Lipinski definition) is 2. The molecule has 0 atom stereocenters. The zero-order valence-electron chi connectivity index (χ0n) is 18.0. The Morgan fingerprint density at radius 3 is 2.48 bits per heavy atom. The minimum atomic E-state index is -0.553. The van der Waals surface area contributed by atoms with Crippen LogP contribution in [0.2, 0.25) is 0 Å². The maximum absolute atomic E-state index is 14.0. The number of carbonyl (C=O) groups excluding carboxylic acids is 2. The van der Waals surface area contributed by atoms with E-state index in [1.54, 1.807) is 24.3 Å². The number of imide groups is 1. The van der Waals surface area contributed by atoms with Gasteiger partial charge in [0.25, 0.3) is 5.91 Å². The maximum atomic E-state index is 14.0. The first-order valence-corrected chi connectivity index (χ1v) is 10.1. The molecule has 3 amide bonds. The molecule has 1 aliphatic heterocycles. The maximum Gasteiger partial charge on any atom is 0.329 e. The molecule has 3 aromatic rings. The molecule has 0 unspecified atom stereocenters. The van der Waals surface area contributed by atoms with E-state index in [1.165, 1.54) is 17.2 Å². The van der Waals surface area contributed by atoms with Gasteiger partial charge in [0.15, 0.2) is 0 Å². The fourth-order valence-corrected chi connectivity index (χ4v) is 3.95. The van der Waals surface area contributed by atoms with Gasteiger partial charge in [0.1, 0.15) is 11.5 Å². The average molecular weight is 417 g/mol. The second-order valence-corrected chi connectivity index (χ2v) is 7.85. The number of aromatic nitrogens is 1. The third kappa shape index (κ3) is 3.65. The van der Waals surface area contributed by atoms with Crippen molar-refractivity contribution in [3.63, 3.8) is 0 Å². The average Bonchev–Trinajstić information content (AvgIpc) is 3.15. The SMILES string of the molecule is Cc1cccc(-n2c(C)cc(/C=C3\NC(=O)N(Cc4ccccc4F)C3=O)c2C)c1C. The first-order chi connectivity index (χ1) is 14.8. The minimum Gasteiger partial charge on any atom is -0.318 e. The van der Waals surface area contributed by atoms with Crippen LogP contribution < -0.4 is 5.32 Å². The number of hydrogen-bond donors (Lipinski definition) is 1. The highest BCUT2D eigenvalue weighted by Crippen LogP contribution is 2.27. The van der Waals surface area contributed by atoms with E-state index in [9.17, 15) is 14.0 Å². The lowest BCUT2D eigenvalue weighted by atomic mass is 10.1. The Balaban J connectivity index is 1.67. The second kappa shape index (κ2) is 7.87. The highest BCUT2D eigenvalue weighted by molar-refractivity contribution is 6.14. The Kier molecular flexibility index (Phi) is 5.23. The van der Waals surface area contributed by atoms with Gasteiger partial charge in [0.2, 0.25) is 0 Å². The molecule has 0 aliphatic carbocycles. The Hall–Kier alpha value is -3.67. The molecule has 0 bridgehead atoms. The van der Waals surface area contributed by atoms with E-state index in [0.29, 0.717) is 5.56 Å². The molecule has 1 aromatic heterocycles. The molecule has 31 heavy (non-hydrogen) atoms. The van der Waals surface area contributed by atoms with Crippen molar-refractivity contribution in [3.05, 3.63) is 93.7 Å². The fourth-order valence-electron chi connectivity index (χ4n) is 3.95. The van der Waals surface area contributed by atoms with E-state index in [2.05, 4.69) is 35.9 Å². The smallest absolute Gasteiger partial charge is 0.318 e. The van der Waals surface area contributed by atoms with Crippen molar-refractivity contribution in [1.82, 2.24) is 14.8 Å². The summed E-state index contributed by atoms with van der Waals surface area (Å²) in [6.45, 7) is 8.04. The van der Waals surface area contributed by atoms with Crippen molar-refractivity contribution in [2.75, 3.05) is 0 Å². The molecule has 1 N–H and O–H groups in total. The lowest BCUT2D eigenvalue weighted by Crippen LogP contribution is -2.30. The lowest BCUT2D eigenvalue weighted by Gasteiger charge is -2.14. The van der Waals surface area contributed by atoms with Crippen LogP contribution in [0.25, 0.3) is 11.8 Å². The van der Waals surface area contributed by atoms with E-state index in [4.69, 9.17) is 0 Å². The van der Waals surface area contributed by atoms with Gasteiger partial charge in [-0.1, -0.05) is 30.3 Å². The summed E-state index contributed by atoms with van der Waals surface area (Å²) in [6.07, 6.45) is 1.69. The molecule has 1 fully saturated rings. The number of amides is 3. The van der Waals surface area contributed by atoms with Crippen molar-refractivity contribution in [3.8, 4) is 5.69 Å². The van der Waals surface area contributed by atoms with Gasteiger partial charge in [0, 0.05) is 22.6 Å². The van der Waals surface area contributed by atoms with Crippen molar-refractivity contribution in [2.45, 2.75) is 34.2 Å². The van der Waals surface area contributed by atoms with Crippen molar-refractivity contribution in [2.24, 2.45) is 0 Å². The van der Waals surface area contributed by atoms with Crippen LogP contribution in [0.4, 0.5) is 9.18 Å². The predicted molar refractivity (Wildman–Crippen MR) is 118 cm³/mol. The molecular weight excluding hydrogens is 393 g/mol. The summed E-state index contributed by atoms with van der Waals surface area (Å²) in [5.41, 5.74) is 6.78. The number of aryl methyl sites for hydroxylation is 2. The van der Waals surface area contributed by atoms with Crippen LogP contribution in [0.1, 0.15) is 33.6 Å². The summed E-state index contributed by atoms with van der Waals surface area (Å²) in [4.78, 5) is 26.3. The Morgan fingerprint density at radius 1 is 1.00 bits per heavy atom. The van der Waals surface area contributed by atoms with E-state index >= 15 is 0 Å². The topological polar surface area (TPSA) is 54.3 Å². The van der Waals surface area contributed by atoms with Crippen LogP contribution in [0, 0.1) is 33.5 Å². The third-order valence-electron chi connectivity index (χ3n) is 5.84. The van der Waals surface area contributed by atoms with Crippen molar-refractivity contribution >= 4 is 18.0 Å². The number of carbonyl (C=O) groups is 2. The lowest BCUT2D eigenvalue weighted by molar-refractivity contribution is -0.123. The van der Waals surface area contributed by atoms with E-state index in [0.717, 1.165) is 27.5 Å². The molecule has 4 rings (SSSR count). The monoisotopic (exact) mass is 417 g/mol. The van der Waals surface area contributed by atoms with Crippen LogP contribution in [0.3, 0.4) is 0 Å². The van der Waals surface area contributed by atoms with Crippen LogP contribution >= 0.6 is 0 Å². The molecule has 158 valence electrons. The van der Waals surface area contributed by atoms with Crippen LogP contribution in [-0.4, -0.2) is 21.4 Å². The molecule has 6 heteroatoms. The van der Waals surface area contributed by atoms with Gasteiger partial charge in [-0.05, 0) is 68.7 Å². The summed E-state index contributed by atoms with van der Waals surface area (Å²) in [5, 5.41) is 2.62. The van der Waals surface area contributed by atoms with Crippen LogP contribution in [0.15, 0.2) is 54.2 Å². The summed E-state index contributed by atoms with van der Waals surface area (Å²) < 4.78 is 16.1. The minimum absolute atomic E-state index is 0.115. The van der Waals surface area contributed by atoms with Crippen molar-refractivity contribution in [1.29, 1.82) is 0 Å². The Morgan fingerprint density at radius 2 is 1.74 bits per heavy atom. The molecule has 2 heterocycles. The quantitative estimate of drug-likeness (QED) is 0.483. The predicted octanol–water partition coefficient (Wildman–Crippen LogP) is 4.94. The van der Waals surface area contributed by atoms with Gasteiger partial charge in [-0.25, -0.2) is 9.18 Å². The van der Waals surface area contributed by atoms with Gasteiger partial charge in [-0.3, -0.25) is 9.69 Å². The van der Waals surface area contributed by atoms with E-state index in [1.807, 2.05) is 26.0 Å². The number of rotatable bonds is 4. The van der Waals surface area contributed by atoms with E-state index < -0.39 is 17.8 Å². The second-order valence-electron chi connectivity index (χ2n) is 7.85. The van der Waals surface area contributed by atoms with Gasteiger partial charge in [-0.2, -0.15) is 0 Å². The molecular formula is C25H24FN3O2.